The molecule has 18 heavy (non-hydrogen) atoms. The maximum Gasteiger partial charge on any atom is 0.0972 e. The number of nitrogens with one attached hydrogen (secondary N) is 1. The van der Waals surface area contributed by atoms with Crippen LogP contribution in [0.5, 0.6) is 0 Å². The lowest BCUT2D eigenvalue weighted by Gasteiger charge is -2.04. The first-order chi connectivity index (χ1) is 8.93. The first-order valence-electron chi connectivity index (χ1n) is 5.83. The number of hydrogen-bond acceptors (Lipinski definition) is 2. The molecule has 0 saturated carbocycles. The third-order valence-electron chi connectivity index (χ3n) is 3.16. The highest BCUT2D eigenvalue weighted by Crippen LogP contribution is 2.45. The van der Waals surface area contributed by atoms with Crippen LogP contribution in [0.1, 0.15) is 0 Å². The van der Waals surface area contributed by atoms with Crippen molar-refractivity contribution in [3.8, 4) is 22.5 Å². The van der Waals surface area contributed by atoms with Gasteiger partial charge in [-0.25, -0.2) is 4.98 Å². The Morgan fingerprint density at radius 1 is 0.833 bits per heavy atom. The SMILES string of the molecule is c1ccc2c(c1)Sc1ccccc1-c1[nH]cnc1-2. The molecule has 0 unspecified atom stereocenters. The van der Waals surface area contributed by atoms with Gasteiger partial charge < -0.3 is 4.98 Å². The molecule has 1 aliphatic rings. The third-order valence-corrected chi connectivity index (χ3v) is 4.31. The Balaban J connectivity index is 2.12. The second kappa shape index (κ2) is 3.75. The van der Waals surface area contributed by atoms with E-state index in [2.05, 4.69) is 58.5 Å². The summed E-state index contributed by atoms with van der Waals surface area (Å²) in [5.74, 6) is 0. The van der Waals surface area contributed by atoms with E-state index in [-0.39, 0.29) is 0 Å². The van der Waals surface area contributed by atoms with Gasteiger partial charge in [-0.2, -0.15) is 0 Å². The summed E-state index contributed by atoms with van der Waals surface area (Å²) in [5, 5.41) is 0. The summed E-state index contributed by atoms with van der Waals surface area (Å²) >= 11 is 1.80. The summed E-state index contributed by atoms with van der Waals surface area (Å²) in [6.07, 6.45) is 1.77. The van der Waals surface area contributed by atoms with E-state index >= 15 is 0 Å². The number of fused-ring (bicyclic) bond motifs is 5. The molecule has 1 N–H and O–H groups in total. The molecule has 0 spiro atoms. The number of benzene rings is 2. The van der Waals surface area contributed by atoms with Gasteiger partial charge in [0.1, 0.15) is 0 Å². The van der Waals surface area contributed by atoms with Crippen molar-refractivity contribution in [2.45, 2.75) is 9.79 Å². The van der Waals surface area contributed by atoms with Gasteiger partial charge >= 0.3 is 0 Å². The molecule has 0 atom stereocenters. The van der Waals surface area contributed by atoms with Crippen LogP contribution in [0, 0.1) is 0 Å². The number of imidazole rings is 1. The zero-order valence-electron chi connectivity index (χ0n) is 9.55. The van der Waals surface area contributed by atoms with Crippen LogP contribution >= 0.6 is 11.8 Å². The minimum atomic E-state index is 1.04. The molecular formula is C15H10N2S. The Kier molecular flexibility index (Phi) is 2.08. The van der Waals surface area contributed by atoms with E-state index in [0.29, 0.717) is 0 Å². The first kappa shape index (κ1) is 9.97. The predicted octanol–water partition coefficient (Wildman–Crippen LogP) is 4.21. The molecule has 2 aromatic carbocycles. The molecule has 0 radical (unpaired) electrons. The van der Waals surface area contributed by atoms with E-state index < -0.39 is 0 Å². The molecule has 0 fully saturated rings. The van der Waals surface area contributed by atoms with Gasteiger partial charge in [0.25, 0.3) is 0 Å². The van der Waals surface area contributed by atoms with Crippen LogP contribution in [-0.4, -0.2) is 9.97 Å². The van der Waals surface area contributed by atoms with E-state index in [9.17, 15) is 0 Å². The Labute approximate surface area is 109 Å². The van der Waals surface area contributed by atoms with Crippen LogP contribution in [-0.2, 0) is 0 Å². The van der Waals surface area contributed by atoms with Gasteiger partial charge in [0.15, 0.2) is 0 Å². The Bertz CT molecular complexity index is 671. The fourth-order valence-electron chi connectivity index (χ4n) is 2.34. The molecule has 1 aromatic heterocycles. The second-order valence-electron chi connectivity index (χ2n) is 4.22. The normalized spacial score (nSPS) is 12.2. The van der Waals surface area contributed by atoms with Gasteiger partial charge in [-0.1, -0.05) is 48.2 Å². The molecule has 86 valence electrons. The molecule has 2 heterocycles. The quantitative estimate of drug-likeness (QED) is 0.506. The van der Waals surface area contributed by atoms with Crippen LogP contribution in [0.15, 0.2) is 64.6 Å². The van der Waals surface area contributed by atoms with Crippen molar-refractivity contribution in [2.75, 3.05) is 0 Å². The summed E-state index contributed by atoms with van der Waals surface area (Å²) in [6, 6.07) is 16.9. The zero-order valence-corrected chi connectivity index (χ0v) is 10.4. The van der Waals surface area contributed by atoms with Crippen LogP contribution in [0.3, 0.4) is 0 Å². The molecule has 0 bridgehead atoms. The van der Waals surface area contributed by atoms with Gasteiger partial charge in [-0.15, -0.1) is 0 Å². The molecule has 4 rings (SSSR count). The maximum absolute atomic E-state index is 4.49. The van der Waals surface area contributed by atoms with Crippen molar-refractivity contribution in [1.29, 1.82) is 0 Å². The Hall–Kier alpha value is -2.00. The fraction of sp³-hybridized carbons (Fsp3) is 0. The van der Waals surface area contributed by atoms with Gasteiger partial charge in [-0.3, -0.25) is 0 Å². The number of rotatable bonds is 0. The lowest BCUT2D eigenvalue weighted by molar-refractivity contribution is 1.29. The average Bonchev–Trinajstić information content (AvgIpc) is 2.84. The Morgan fingerprint density at radius 3 is 2.33 bits per heavy atom. The third kappa shape index (κ3) is 1.34. The van der Waals surface area contributed by atoms with E-state index in [1.165, 1.54) is 20.9 Å². The average molecular weight is 250 g/mol. The van der Waals surface area contributed by atoms with E-state index in [4.69, 9.17) is 0 Å². The minimum absolute atomic E-state index is 1.04. The molecule has 0 aliphatic carbocycles. The topological polar surface area (TPSA) is 28.7 Å². The first-order valence-corrected chi connectivity index (χ1v) is 6.65. The van der Waals surface area contributed by atoms with Crippen molar-refractivity contribution in [2.24, 2.45) is 0 Å². The zero-order chi connectivity index (χ0) is 11.9. The number of hydrogen-bond donors (Lipinski definition) is 1. The molecule has 0 saturated heterocycles. The van der Waals surface area contributed by atoms with Crippen molar-refractivity contribution >= 4 is 11.8 Å². The Morgan fingerprint density at radius 2 is 1.50 bits per heavy atom. The highest BCUT2D eigenvalue weighted by atomic mass is 32.2. The van der Waals surface area contributed by atoms with Crippen LogP contribution < -0.4 is 0 Å². The number of aromatic nitrogens is 2. The molecule has 3 aromatic rings. The summed E-state index contributed by atoms with van der Waals surface area (Å²) in [4.78, 5) is 10.3. The molecule has 3 heteroatoms. The highest BCUT2D eigenvalue weighted by molar-refractivity contribution is 7.99. The standard InChI is InChI=1S/C15H10N2S/c1-3-7-12-10(5-1)14-15(17-9-16-14)11-6-2-4-8-13(11)18-12/h1-9H,(H,16,17). The number of H-pyrrole nitrogens is 1. The largest absolute Gasteiger partial charge is 0.344 e. The van der Waals surface area contributed by atoms with Crippen molar-refractivity contribution < 1.29 is 0 Å². The van der Waals surface area contributed by atoms with E-state index in [0.717, 1.165) is 11.4 Å². The lowest BCUT2D eigenvalue weighted by atomic mass is 10.1. The maximum atomic E-state index is 4.49. The van der Waals surface area contributed by atoms with Gasteiger partial charge in [0, 0.05) is 20.9 Å². The van der Waals surface area contributed by atoms with E-state index in [1.807, 2.05) is 0 Å². The number of nitrogens with zero attached hydrogens (tertiary/aromatic N) is 1. The fourth-order valence-corrected chi connectivity index (χ4v) is 3.42. The minimum Gasteiger partial charge on any atom is -0.344 e. The van der Waals surface area contributed by atoms with Gasteiger partial charge in [-0.05, 0) is 12.1 Å². The molecule has 2 nitrogen and oxygen atoms in total. The predicted molar refractivity (Wildman–Crippen MR) is 73.6 cm³/mol. The summed E-state index contributed by atoms with van der Waals surface area (Å²) in [6.45, 7) is 0. The van der Waals surface area contributed by atoms with Crippen LogP contribution in [0.2, 0.25) is 0 Å². The van der Waals surface area contributed by atoms with Crippen molar-refractivity contribution in [1.82, 2.24) is 9.97 Å². The summed E-state index contributed by atoms with van der Waals surface area (Å²) in [7, 11) is 0. The monoisotopic (exact) mass is 250 g/mol. The summed E-state index contributed by atoms with van der Waals surface area (Å²) < 4.78 is 0. The highest BCUT2D eigenvalue weighted by Gasteiger charge is 2.20. The molecular weight excluding hydrogens is 240 g/mol. The van der Waals surface area contributed by atoms with Crippen molar-refractivity contribution in [3.63, 3.8) is 0 Å². The number of aromatic amines is 1. The van der Waals surface area contributed by atoms with Gasteiger partial charge in [0.2, 0.25) is 0 Å². The molecule has 0 amide bonds. The smallest absolute Gasteiger partial charge is 0.0972 e. The van der Waals surface area contributed by atoms with Gasteiger partial charge in [0.05, 0.1) is 17.7 Å². The van der Waals surface area contributed by atoms with Crippen molar-refractivity contribution in [3.05, 3.63) is 54.9 Å². The van der Waals surface area contributed by atoms with Crippen LogP contribution in [0.25, 0.3) is 22.5 Å². The molecule has 1 aliphatic heterocycles. The van der Waals surface area contributed by atoms with Crippen LogP contribution in [0.4, 0.5) is 0 Å². The van der Waals surface area contributed by atoms with E-state index in [1.54, 1.807) is 18.1 Å². The second-order valence-corrected chi connectivity index (χ2v) is 5.30. The summed E-state index contributed by atoms with van der Waals surface area (Å²) in [5.41, 5.74) is 4.59. The lowest BCUT2D eigenvalue weighted by Crippen LogP contribution is -1.82.